The molecule has 3 rings (SSSR count). The summed E-state index contributed by atoms with van der Waals surface area (Å²) in [6, 6.07) is 1.80. The van der Waals surface area contributed by atoms with Gasteiger partial charge in [0.15, 0.2) is 5.82 Å². The molecule has 1 atom stereocenters. The standard InChI is InChI=1S/C15H19N3O3/c1-9-7-13(10(2)20-9)15(19)18-6-4-5-12(8-18)14-16-11(3)17-21-14/h7,12H,4-6,8H2,1-3H3/t12-/m0/s1. The summed E-state index contributed by atoms with van der Waals surface area (Å²) in [4.78, 5) is 18.8. The van der Waals surface area contributed by atoms with E-state index in [0.717, 1.165) is 25.1 Å². The van der Waals surface area contributed by atoms with E-state index in [-0.39, 0.29) is 11.8 Å². The molecular weight excluding hydrogens is 270 g/mol. The summed E-state index contributed by atoms with van der Waals surface area (Å²) in [6.45, 7) is 6.85. The van der Waals surface area contributed by atoms with Crippen LogP contribution in [-0.4, -0.2) is 34.0 Å². The Hall–Kier alpha value is -2.11. The molecule has 1 amide bonds. The van der Waals surface area contributed by atoms with E-state index in [9.17, 15) is 4.79 Å². The van der Waals surface area contributed by atoms with Gasteiger partial charge in [-0.05, 0) is 39.7 Å². The van der Waals surface area contributed by atoms with Crippen molar-refractivity contribution in [1.29, 1.82) is 0 Å². The lowest BCUT2D eigenvalue weighted by molar-refractivity contribution is 0.0694. The van der Waals surface area contributed by atoms with E-state index in [1.165, 1.54) is 0 Å². The van der Waals surface area contributed by atoms with Gasteiger partial charge in [0, 0.05) is 13.1 Å². The second kappa shape index (κ2) is 5.35. The molecule has 1 fully saturated rings. The Labute approximate surface area is 123 Å². The SMILES string of the molecule is Cc1noc([C@H]2CCCN(C(=O)c3cc(C)oc3C)C2)n1. The predicted molar refractivity (Wildman–Crippen MR) is 75.1 cm³/mol. The fraction of sp³-hybridized carbons (Fsp3) is 0.533. The van der Waals surface area contributed by atoms with Crippen LogP contribution in [0.3, 0.4) is 0 Å². The lowest BCUT2D eigenvalue weighted by Gasteiger charge is -2.30. The van der Waals surface area contributed by atoms with Gasteiger partial charge < -0.3 is 13.8 Å². The highest BCUT2D eigenvalue weighted by atomic mass is 16.5. The van der Waals surface area contributed by atoms with Crippen LogP contribution in [-0.2, 0) is 0 Å². The number of carbonyl (C=O) groups excluding carboxylic acids is 1. The molecule has 0 unspecified atom stereocenters. The van der Waals surface area contributed by atoms with E-state index in [1.807, 2.05) is 18.7 Å². The lowest BCUT2D eigenvalue weighted by Crippen LogP contribution is -2.39. The van der Waals surface area contributed by atoms with E-state index in [0.29, 0.717) is 29.6 Å². The van der Waals surface area contributed by atoms with Crippen molar-refractivity contribution >= 4 is 5.91 Å². The van der Waals surface area contributed by atoms with Crippen molar-refractivity contribution in [2.24, 2.45) is 0 Å². The van der Waals surface area contributed by atoms with Crippen molar-refractivity contribution in [3.8, 4) is 0 Å². The van der Waals surface area contributed by atoms with E-state index >= 15 is 0 Å². The Balaban J connectivity index is 1.77. The summed E-state index contributed by atoms with van der Waals surface area (Å²) < 4.78 is 10.7. The first kappa shape index (κ1) is 13.9. The molecule has 6 nitrogen and oxygen atoms in total. The monoisotopic (exact) mass is 289 g/mol. The number of nitrogens with zero attached hydrogens (tertiary/aromatic N) is 3. The average Bonchev–Trinajstić information content (AvgIpc) is 3.04. The Kier molecular flexibility index (Phi) is 3.53. The van der Waals surface area contributed by atoms with Crippen LogP contribution >= 0.6 is 0 Å². The quantitative estimate of drug-likeness (QED) is 0.849. The molecule has 112 valence electrons. The maximum atomic E-state index is 12.6. The molecule has 0 saturated carbocycles. The van der Waals surface area contributed by atoms with Crippen molar-refractivity contribution in [1.82, 2.24) is 15.0 Å². The second-order valence-electron chi connectivity index (χ2n) is 5.60. The first-order chi connectivity index (χ1) is 10.0. The molecule has 1 saturated heterocycles. The maximum absolute atomic E-state index is 12.6. The van der Waals surface area contributed by atoms with Crippen molar-refractivity contribution in [3.63, 3.8) is 0 Å². The summed E-state index contributed by atoms with van der Waals surface area (Å²) in [5.41, 5.74) is 0.648. The Morgan fingerprint density at radius 1 is 1.38 bits per heavy atom. The molecule has 21 heavy (non-hydrogen) atoms. The molecule has 0 N–H and O–H groups in total. The fourth-order valence-corrected chi connectivity index (χ4v) is 2.86. The van der Waals surface area contributed by atoms with Crippen LogP contribution in [0.15, 0.2) is 15.0 Å². The third-order valence-corrected chi connectivity index (χ3v) is 3.87. The minimum absolute atomic E-state index is 0.0188. The van der Waals surface area contributed by atoms with Crippen molar-refractivity contribution in [2.75, 3.05) is 13.1 Å². The van der Waals surface area contributed by atoms with Crippen molar-refractivity contribution < 1.29 is 13.7 Å². The summed E-state index contributed by atoms with van der Waals surface area (Å²) in [6.07, 6.45) is 1.91. The van der Waals surface area contributed by atoms with Crippen molar-refractivity contribution in [2.45, 2.75) is 39.5 Å². The van der Waals surface area contributed by atoms with Crippen LogP contribution < -0.4 is 0 Å². The van der Waals surface area contributed by atoms with Gasteiger partial charge >= 0.3 is 0 Å². The number of aromatic nitrogens is 2. The average molecular weight is 289 g/mol. The number of piperidine rings is 1. The van der Waals surface area contributed by atoms with E-state index < -0.39 is 0 Å². The number of aryl methyl sites for hydroxylation is 3. The van der Waals surface area contributed by atoms with Crippen LogP contribution in [0, 0.1) is 20.8 Å². The van der Waals surface area contributed by atoms with Gasteiger partial charge in [0.2, 0.25) is 5.89 Å². The molecule has 0 radical (unpaired) electrons. The molecule has 0 spiro atoms. The topological polar surface area (TPSA) is 72.4 Å². The largest absolute Gasteiger partial charge is 0.466 e. The van der Waals surface area contributed by atoms with Gasteiger partial charge in [0.05, 0.1) is 11.5 Å². The van der Waals surface area contributed by atoms with Crippen LogP contribution in [0.5, 0.6) is 0 Å². The predicted octanol–water partition coefficient (Wildman–Crippen LogP) is 2.61. The molecule has 0 bridgehead atoms. The molecule has 6 heteroatoms. The number of hydrogen-bond donors (Lipinski definition) is 0. The zero-order valence-corrected chi connectivity index (χ0v) is 12.5. The molecule has 1 aliphatic heterocycles. The Morgan fingerprint density at radius 2 is 2.19 bits per heavy atom. The van der Waals surface area contributed by atoms with Gasteiger partial charge in [-0.1, -0.05) is 5.16 Å². The fourth-order valence-electron chi connectivity index (χ4n) is 2.86. The highest BCUT2D eigenvalue weighted by Crippen LogP contribution is 2.27. The smallest absolute Gasteiger partial charge is 0.257 e. The van der Waals surface area contributed by atoms with E-state index in [4.69, 9.17) is 8.94 Å². The minimum Gasteiger partial charge on any atom is -0.466 e. The van der Waals surface area contributed by atoms with Gasteiger partial charge in [-0.15, -0.1) is 0 Å². The normalized spacial score (nSPS) is 19.0. The van der Waals surface area contributed by atoms with Crippen LogP contribution in [0.4, 0.5) is 0 Å². The molecule has 1 aliphatic rings. The van der Waals surface area contributed by atoms with E-state index in [2.05, 4.69) is 10.1 Å². The molecule has 2 aromatic heterocycles. The second-order valence-corrected chi connectivity index (χ2v) is 5.60. The van der Waals surface area contributed by atoms with Crippen molar-refractivity contribution in [3.05, 3.63) is 34.9 Å². The molecular formula is C15H19N3O3. The zero-order chi connectivity index (χ0) is 15.0. The lowest BCUT2D eigenvalue weighted by atomic mass is 9.97. The Bertz CT molecular complexity index is 659. The zero-order valence-electron chi connectivity index (χ0n) is 12.5. The summed E-state index contributed by atoms with van der Waals surface area (Å²) in [7, 11) is 0. The third kappa shape index (κ3) is 2.70. The first-order valence-electron chi connectivity index (χ1n) is 7.21. The number of furan rings is 1. The van der Waals surface area contributed by atoms with Gasteiger partial charge in [-0.3, -0.25) is 4.79 Å². The molecule has 0 aromatic carbocycles. The third-order valence-electron chi connectivity index (χ3n) is 3.87. The number of likely N-dealkylation sites (tertiary alicyclic amines) is 1. The van der Waals surface area contributed by atoms with Gasteiger partial charge in [0.1, 0.15) is 11.5 Å². The number of carbonyl (C=O) groups is 1. The minimum atomic E-state index is 0.0188. The van der Waals surface area contributed by atoms with Gasteiger partial charge in [0.25, 0.3) is 5.91 Å². The highest BCUT2D eigenvalue weighted by molar-refractivity contribution is 5.95. The van der Waals surface area contributed by atoms with Gasteiger partial charge in [-0.2, -0.15) is 4.98 Å². The van der Waals surface area contributed by atoms with E-state index in [1.54, 1.807) is 13.0 Å². The summed E-state index contributed by atoms with van der Waals surface area (Å²) in [5.74, 6) is 2.84. The number of hydrogen-bond acceptors (Lipinski definition) is 5. The first-order valence-corrected chi connectivity index (χ1v) is 7.21. The maximum Gasteiger partial charge on any atom is 0.257 e. The van der Waals surface area contributed by atoms with Crippen LogP contribution in [0.2, 0.25) is 0 Å². The Morgan fingerprint density at radius 3 is 2.81 bits per heavy atom. The number of amides is 1. The summed E-state index contributed by atoms with van der Waals surface area (Å²) >= 11 is 0. The molecule has 3 heterocycles. The number of rotatable bonds is 2. The van der Waals surface area contributed by atoms with Crippen LogP contribution in [0.25, 0.3) is 0 Å². The highest BCUT2D eigenvalue weighted by Gasteiger charge is 2.30. The summed E-state index contributed by atoms with van der Waals surface area (Å²) in [5, 5.41) is 3.83. The van der Waals surface area contributed by atoms with Crippen LogP contribution in [0.1, 0.15) is 52.4 Å². The molecule has 2 aromatic rings. The van der Waals surface area contributed by atoms with Gasteiger partial charge in [-0.25, -0.2) is 0 Å². The molecule has 0 aliphatic carbocycles.